The van der Waals surface area contributed by atoms with Crippen molar-refractivity contribution in [1.29, 1.82) is 52.6 Å². The Bertz CT molecular complexity index is 4800. The molecule has 0 spiro atoms. The van der Waals surface area contributed by atoms with Gasteiger partial charge in [-0.25, -0.2) is 0 Å². The molecule has 12 rings (SSSR count). The first kappa shape index (κ1) is 53.1. The van der Waals surface area contributed by atoms with E-state index in [-0.39, 0.29) is 78.1 Å². The predicted octanol–water partition coefficient (Wildman–Crippen LogP) is 16.0. The SMILES string of the molecule is N#Cc1cc(C#N)cc(-c2ccc3c(c2)c2cc(-c4cc(C#N)cc(C#N)c4)ccc2n3-c2cc(C#N)cc(-n3c4ccc(-c5cc(C#N)cc(C#N)c5)cc4c4cc(-c5cc(C#N)cc(C#N)c5)ccc43)c2-c2cc(C#N)cc(C(F)(F)F)c2)c1. The summed E-state index contributed by atoms with van der Waals surface area (Å²) in [5.41, 5.74) is 7.45. The van der Waals surface area contributed by atoms with Gasteiger partial charge in [-0.3, -0.25) is 0 Å². The Morgan fingerprint density at radius 3 is 0.721 bits per heavy atom. The third-order valence-corrected chi connectivity index (χ3v) is 15.0. The average molecular weight is 1110 g/mol. The van der Waals surface area contributed by atoms with Crippen molar-refractivity contribution < 1.29 is 13.2 Å². The molecule has 0 N–H and O–H groups in total. The number of halogens is 3. The van der Waals surface area contributed by atoms with Gasteiger partial charge in [-0.2, -0.15) is 65.8 Å². The first-order valence-corrected chi connectivity index (χ1v) is 25.9. The van der Waals surface area contributed by atoms with Gasteiger partial charge < -0.3 is 9.13 Å². The summed E-state index contributed by atoms with van der Waals surface area (Å²) in [5.74, 6) is 0. The zero-order valence-electron chi connectivity index (χ0n) is 44.2. The molecule has 0 aliphatic rings. The largest absolute Gasteiger partial charge is 0.416 e. The molecule has 15 heteroatoms. The lowest BCUT2D eigenvalue weighted by Gasteiger charge is -2.22. The maximum atomic E-state index is 15.3. The van der Waals surface area contributed by atoms with Gasteiger partial charge in [-0.1, -0.05) is 24.3 Å². The fourth-order valence-corrected chi connectivity index (χ4v) is 11.3. The summed E-state index contributed by atoms with van der Waals surface area (Å²) in [6.45, 7) is 0. The maximum Gasteiger partial charge on any atom is 0.416 e. The second-order valence-corrected chi connectivity index (χ2v) is 20.1. The Hall–Kier alpha value is -13.5. The minimum absolute atomic E-state index is 0.0539. The molecule has 0 radical (unpaired) electrons. The van der Waals surface area contributed by atoms with Crippen LogP contribution in [-0.4, -0.2) is 9.13 Å². The quantitative estimate of drug-likeness (QED) is 0.146. The highest BCUT2D eigenvalue weighted by Gasteiger charge is 2.33. The molecule has 10 aromatic carbocycles. The first-order valence-electron chi connectivity index (χ1n) is 25.9. The molecule has 0 saturated carbocycles. The molecule has 0 saturated heterocycles. The Morgan fingerprint density at radius 1 is 0.244 bits per heavy atom. The molecular weight excluding hydrogens is 1080 g/mol. The zero-order valence-corrected chi connectivity index (χ0v) is 44.2. The van der Waals surface area contributed by atoms with E-state index in [2.05, 4.69) is 54.6 Å². The molecule has 0 fully saturated rings. The number of fused-ring (bicyclic) bond motifs is 6. The van der Waals surface area contributed by atoms with Crippen molar-refractivity contribution in [3.63, 3.8) is 0 Å². The zero-order chi connectivity index (χ0) is 60.1. The smallest absolute Gasteiger partial charge is 0.308 e. The fraction of sp³-hybridized carbons (Fsp3) is 0.0141. The van der Waals surface area contributed by atoms with Crippen molar-refractivity contribution in [2.24, 2.45) is 0 Å². The molecule has 0 aliphatic carbocycles. The molecule has 394 valence electrons. The van der Waals surface area contributed by atoms with E-state index in [1.807, 2.05) is 39.5 Å². The van der Waals surface area contributed by atoms with E-state index in [0.29, 0.717) is 88.1 Å². The molecular formula is C71H29F3N12. The summed E-state index contributed by atoms with van der Waals surface area (Å²) >= 11 is 0. The van der Waals surface area contributed by atoms with Gasteiger partial charge in [0.15, 0.2) is 0 Å². The van der Waals surface area contributed by atoms with Crippen LogP contribution in [0.15, 0.2) is 176 Å². The minimum Gasteiger partial charge on any atom is -0.308 e. The van der Waals surface area contributed by atoms with E-state index in [1.54, 1.807) is 109 Å². The van der Waals surface area contributed by atoms with Crippen LogP contribution >= 0.6 is 0 Å². The van der Waals surface area contributed by atoms with Gasteiger partial charge in [0, 0.05) is 27.1 Å². The average Bonchev–Trinajstić information content (AvgIpc) is 1.58. The monoisotopic (exact) mass is 1110 g/mol. The number of benzene rings is 10. The van der Waals surface area contributed by atoms with Crippen LogP contribution in [0.4, 0.5) is 13.2 Å². The van der Waals surface area contributed by atoms with Gasteiger partial charge >= 0.3 is 6.18 Å². The summed E-state index contributed by atoms with van der Waals surface area (Å²) in [6, 6.07) is 68.0. The number of hydrogen-bond donors (Lipinski definition) is 0. The molecule has 0 atom stereocenters. The number of hydrogen-bond acceptors (Lipinski definition) is 10. The Kier molecular flexibility index (Phi) is 12.9. The van der Waals surface area contributed by atoms with E-state index in [9.17, 15) is 52.6 Å². The van der Waals surface area contributed by atoms with Crippen LogP contribution in [0.2, 0.25) is 0 Å². The molecule has 0 amide bonds. The third kappa shape index (κ3) is 9.19. The topological polar surface area (TPSA) is 248 Å². The maximum absolute atomic E-state index is 15.3. The number of alkyl halides is 3. The van der Waals surface area contributed by atoms with E-state index >= 15 is 13.2 Å². The molecule has 86 heavy (non-hydrogen) atoms. The van der Waals surface area contributed by atoms with Gasteiger partial charge in [0.1, 0.15) is 0 Å². The number of nitrogens with zero attached hydrogens (tertiary/aromatic N) is 12. The highest BCUT2D eigenvalue weighted by Crippen LogP contribution is 2.47. The van der Waals surface area contributed by atoms with Crippen LogP contribution in [0.3, 0.4) is 0 Å². The van der Waals surface area contributed by atoms with E-state index in [0.717, 1.165) is 12.1 Å². The van der Waals surface area contributed by atoms with Crippen molar-refractivity contribution >= 4 is 43.6 Å². The van der Waals surface area contributed by atoms with Crippen molar-refractivity contribution in [3.05, 3.63) is 237 Å². The van der Waals surface area contributed by atoms with Crippen molar-refractivity contribution in [1.82, 2.24) is 9.13 Å². The Morgan fingerprint density at radius 2 is 0.477 bits per heavy atom. The number of aromatic nitrogens is 2. The second-order valence-electron chi connectivity index (χ2n) is 20.1. The number of nitriles is 10. The van der Waals surface area contributed by atoms with Crippen LogP contribution in [0, 0.1) is 113 Å². The standard InChI is InChI=1S/C71H29F3N12/c72-71(73,74)59-22-48(38-83)21-58(25-59)70-68(85-64-5-1-50(54-13-40(30-75)9-41(14-54)31-76)26-60(64)61-27-51(2-6-65(61)85)55-15-42(32-77)10-43(16-55)33-78)23-49(39-84)24-69(70)86-66-7-3-52(56-17-44(34-79)11-45(18-56)35-80)28-62(66)63-29-53(4-8-67(63)86)57-19-46(36-81)12-47(20-57)37-82/h1-29H. The molecule has 0 bridgehead atoms. The Balaban J connectivity index is 1.24. The molecule has 0 unspecified atom stereocenters. The minimum atomic E-state index is -4.95. The van der Waals surface area contributed by atoms with Crippen LogP contribution in [0.5, 0.6) is 0 Å². The summed E-state index contributed by atoms with van der Waals surface area (Å²) < 4.78 is 49.5. The highest BCUT2D eigenvalue weighted by atomic mass is 19.4. The van der Waals surface area contributed by atoms with Crippen LogP contribution in [0.1, 0.15) is 61.2 Å². The predicted molar refractivity (Wildman–Crippen MR) is 314 cm³/mol. The summed E-state index contributed by atoms with van der Waals surface area (Å²) in [4.78, 5) is 0. The lowest BCUT2D eigenvalue weighted by molar-refractivity contribution is -0.137. The lowest BCUT2D eigenvalue weighted by atomic mass is 9.94. The molecule has 2 aromatic heterocycles. The van der Waals surface area contributed by atoms with Gasteiger partial charge in [0.05, 0.1) is 155 Å². The van der Waals surface area contributed by atoms with E-state index < -0.39 is 11.7 Å². The summed E-state index contributed by atoms with van der Waals surface area (Å²) in [5, 5.41) is 104. The summed E-state index contributed by atoms with van der Waals surface area (Å²) in [6.07, 6.45) is -4.95. The highest BCUT2D eigenvalue weighted by molar-refractivity contribution is 6.14. The second kappa shape index (κ2) is 20.9. The van der Waals surface area contributed by atoms with Gasteiger partial charge in [-0.15, -0.1) is 0 Å². The van der Waals surface area contributed by atoms with Gasteiger partial charge in [-0.05, 0) is 202 Å². The van der Waals surface area contributed by atoms with Crippen LogP contribution in [0.25, 0.3) is 111 Å². The van der Waals surface area contributed by atoms with E-state index in [1.165, 1.54) is 30.3 Å². The van der Waals surface area contributed by atoms with Crippen LogP contribution < -0.4 is 0 Å². The Labute approximate surface area is 487 Å². The van der Waals surface area contributed by atoms with E-state index in [4.69, 9.17) is 0 Å². The van der Waals surface area contributed by atoms with Gasteiger partial charge in [0.2, 0.25) is 0 Å². The van der Waals surface area contributed by atoms with Gasteiger partial charge in [0.25, 0.3) is 0 Å². The lowest BCUT2D eigenvalue weighted by Crippen LogP contribution is -2.08. The van der Waals surface area contributed by atoms with Crippen LogP contribution in [-0.2, 0) is 6.18 Å². The fourth-order valence-electron chi connectivity index (χ4n) is 11.3. The molecule has 2 heterocycles. The van der Waals surface area contributed by atoms with Crippen molar-refractivity contribution in [3.8, 4) is 128 Å². The van der Waals surface area contributed by atoms with Crippen molar-refractivity contribution in [2.45, 2.75) is 6.18 Å². The first-order chi connectivity index (χ1) is 41.7. The molecule has 0 aliphatic heterocycles. The molecule has 12 nitrogen and oxygen atoms in total. The molecule has 12 aromatic rings. The number of rotatable bonds is 7. The summed E-state index contributed by atoms with van der Waals surface area (Å²) in [7, 11) is 0. The van der Waals surface area contributed by atoms with Crippen molar-refractivity contribution in [2.75, 3.05) is 0 Å². The normalized spacial score (nSPS) is 10.8. The third-order valence-electron chi connectivity index (χ3n) is 15.0.